The Morgan fingerprint density at radius 2 is 2.00 bits per heavy atom. The van der Waals surface area contributed by atoms with Crippen molar-refractivity contribution >= 4 is 58.0 Å². The quantitative estimate of drug-likeness (QED) is 0.394. The van der Waals surface area contributed by atoms with E-state index in [1.54, 1.807) is 19.1 Å². The van der Waals surface area contributed by atoms with Crippen molar-refractivity contribution in [1.29, 1.82) is 0 Å². The highest BCUT2D eigenvalue weighted by molar-refractivity contribution is 6.35. The molecule has 31 heavy (non-hydrogen) atoms. The number of aryl methyl sites for hydroxylation is 1. The minimum Gasteiger partial charge on any atom is -0.455 e. The average molecular weight is 466 g/mol. The molecule has 1 fully saturated rings. The molecular formula is C20H17Cl2N3O6. The van der Waals surface area contributed by atoms with Gasteiger partial charge in [0.25, 0.3) is 11.6 Å². The Bertz CT molecular complexity index is 1070. The molecule has 9 nitrogen and oxygen atoms in total. The van der Waals surface area contributed by atoms with Crippen molar-refractivity contribution in [3.8, 4) is 0 Å². The van der Waals surface area contributed by atoms with Crippen LogP contribution in [0.3, 0.4) is 0 Å². The monoisotopic (exact) mass is 465 g/mol. The number of nitrogens with one attached hydrogen (secondary N) is 1. The van der Waals surface area contributed by atoms with E-state index in [2.05, 4.69) is 5.32 Å². The first kappa shape index (κ1) is 22.5. The van der Waals surface area contributed by atoms with Gasteiger partial charge in [0.1, 0.15) is 0 Å². The molecule has 0 bridgehead atoms. The van der Waals surface area contributed by atoms with E-state index in [1.807, 2.05) is 0 Å². The van der Waals surface area contributed by atoms with Gasteiger partial charge < -0.3 is 15.0 Å². The number of hydrogen-bond acceptors (Lipinski definition) is 6. The summed E-state index contributed by atoms with van der Waals surface area (Å²) in [6.07, 6.45) is -0.123. The highest BCUT2D eigenvalue weighted by Gasteiger charge is 2.37. The molecule has 1 aliphatic rings. The molecule has 0 unspecified atom stereocenters. The van der Waals surface area contributed by atoms with E-state index in [9.17, 15) is 24.5 Å². The number of anilines is 2. The Morgan fingerprint density at radius 3 is 2.71 bits per heavy atom. The molecule has 1 N–H and O–H groups in total. The second-order valence-corrected chi connectivity index (χ2v) is 7.76. The van der Waals surface area contributed by atoms with Crippen LogP contribution in [0.5, 0.6) is 0 Å². The molecule has 3 rings (SSSR count). The number of hydrogen-bond donors (Lipinski definition) is 1. The SMILES string of the molecule is Cc1ccc(N2C[C@H](C(=O)OCC(=O)Nc3cc(Cl)ccc3Cl)CC2=O)cc1[N+](=O)[O-]. The molecule has 0 aromatic heterocycles. The molecule has 11 heteroatoms. The Morgan fingerprint density at radius 1 is 1.26 bits per heavy atom. The fourth-order valence-electron chi connectivity index (χ4n) is 3.11. The molecule has 1 heterocycles. The zero-order valence-electron chi connectivity index (χ0n) is 16.3. The standard InChI is InChI=1S/C20H17Cl2N3O6/c1-11-2-4-14(8-17(11)25(29)30)24-9-12(6-19(24)27)20(28)31-10-18(26)23-16-7-13(21)3-5-15(16)22/h2-5,7-8,12H,6,9-10H2,1H3,(H,23,26)/t12-/m1/s1. The fraction of sp³-hybridized carbons (Fsp3) is 0.250. The molecule has 2 aromatic carbocycles. The van der Waals surface area contributed by atoms with Crippen LogP contribution >= 0.6 is 23.2 Å². The number of carbonyl (C=O) groups excluding carboxylic acids is 3. The van der Waals surface area contributed by atoms with Crippen LogP contribution in [0.4, 0.5) is 17.1 Å². The van der Waals surface area contributed by atoms with Gasteiger partial charge in [0.2, 0.25) is 5.91 Å². The van der Waals surface area contributed by atoms with Crippen LogP contribution in [-0.2, 0) is 19.1 Å². The van der Waals surface area contributed by atoms with Gasteiger partial charge in [-0.25, -0.2) is 0 Å². The van der Waals surface area contributed by atoms with Gasteiger partial charge in [-0.15, -0.1) is 0 Å². The van der Waals surface area contributed by atoms with Crippen LogP contribution < -0.4 is 10.2 Å². The maximum Gasteiger partial charge on any atom is 0.311 e. The van der Waals surface area contributed by atoms with Crippen LogP contribution in [0.25, 0.3) is 0 Å². The maximum absolute atomic E-state index is 12.3. The lowest BCUT2D eigenvalue weighted by atomic mass is 10.1. The van der Waals surface area contributed by atoms with E-state index in [1.165, 1.54) is 29.2 Å². The summed E-state index contributed by atoms with van der Waals surface area (Å²) in [5.74, 6) is -2.50. The number of amides is 2. The number of ether oxygens (including phenoxy) is 1. The van der Waals surface area contributed by atoms with Gasteiger partial charge in [-0.2, -0.15) is 0 Å². The topological polar surface area (TPSA) is 119 Å². The number of benzene rings is 2. The van der Waals surface area contributed by atoms with Crippen molar-refractivity contribution in [3.05, 3.63) is 62.1 Å². The summed E-state index contributed by atoms with van der Waals surface area (Å²) in [6, 6.07) is 8.94. The van der Waals surface area contributed by atoms with E-state index < -0.39 is 29.3 Å². The van der Waals surface area contributed by atoms with Gasteiger partial charge in [0.05, 0.1) is 27.2 Å². The lowest BCUT2D eigenvalue weighted by Crippen LogP contribution is -2.28. The second-order valence-electron chi connectivity index (χ2n) is 6.91. The fourth-order valence-corrected chi connectivity index (χ4v) is 3.45. The van der Waals surface area contributed by atoms with Crippen molar-refractivity contribution < 1.29 is 24.0 Å². The van der Waals surface area contributed by atoms with Crippen LogP contribution in [0, 0.1) is 23.0 Å². The van der Waals surface area contributed by atoms with Crippen molar-refractivity contribution in [2.45, 2.75) is 13.3 Å². The molecule has 1 saturated heterocycles. The van der Waals surface area contributed by atoms with Crippen LogP contribution in [0.15, 0.2) is 36.4 Å². The lowest BCUT2D eigenvalue weighted by Gasteiger charge is -2.17. The van der Waals surface area contributed by atoms with Crippen molar-refractivity contribution in [2.75, 3.05) is 23.4 Å². The van der Waals surface area contributed by atoms with Crippen molar-refractivity contribution in [1.82, 2.24) is 0 Å². The Balaban J connectivity index is 1.59. The third-order valence-corrected chi connectivity index (χ3v) is 5.27. The molecular weight excluding hydrogens is 449 g/mol. The van der Waals surface area contributed by atoms with E-state index in [4.69, 9.17) is 27.9 Å². The molecule has 0 aliphatic carbocycles. The normalized spacial score (nSPS) is 15.6. The molecule has 0 spiro atoms. The number of halogens is 2. The predicted molar refractivity (Wildman–Crippen MR) is 114 cm³/mol. The summed E-state index contributed by atoms with van der Waals surface area (Å²) in [4.78, 5) is 48.6. The van der Waals surface area contributed by atoms with E-state index >= 15 is 0 Å². The number of nitro groups is 1. The van der Waals surface area contributed by atoms with Gasteiger partial charge in [-0.1, -0.05) is 29.3 Å². The van der Waals surface area contributed by atoms with Crippen molar-refractivity contribution in [2.24, 2.45) is 5.92 Å². The van der Waals surface area contributed by atoms with Crippen LogP contribution in [0.1, 0.15) is 12.0 Å². The number of nitrogens with zero attached hydrogens (tertiary/aromatic N) is 2. The number of nitro benzene ring substituents is 1. The Kier molecular flexibility index (Phi) is 6.77. The Labute approximate surface area is 187 Å². The summed E-state index contributed by atoms with van der Waals surface area (Å²) in [5.41, 5.74) is 0.944. The first-order valence-corrected chi connectivity index (χ1v) is 9.88. The summed E-state index contributed by atoms with van der Waals surface area (Å²) in [7, 11) is 0. The largest absolute Gasteiger partial charge is 0.455 e. The smallest absolute Gasteiger partial charge is 0.311 e. The van der Waals surface area contributed by atoms with Crippen molar-refractivity contribution in [3.63, 3.8) is 0 Å². The number of rotatable bonds is 6. The molecule has 2 aromatic rings. The average Bonchev–Trinajstić information content (AvgIpc) is 3.11. The summed E-state index contributed by atoms with van der Waals surface area (Å²) in [6.45, 7) is 1.03. The second kappa shape index (κ2) is 9.32. The summed E-state index contributed by atoms with van der Waals surface area (Å²) >= 11 is 11.8. The number of esters is 1. The minimum absolute atomic E-state index is 0.000375. The van der Waals surface area contributed by atoms with Gasteiger partial charge in [-0.3, -0.25) is 24.5 Å². The molecule has 0 saturated carbocycles. The van der Waals surface area contributed by atoms with Crippen LogP contribution in [-0.4, -0.2) is 35.9 Å². The van der Waals surface area contributed by atoms with Gasteiger partial charge in [0.15, 0.2) is 6.61 Å². The van der Waals surface area contributed by atoms with E-state index in [0.29, 0.717) is 16.3 Å². The van der Waals surface area contributed by atoms with Gasteiger partial charge in [0, 0.05) is 29.6 Å². The predicted octanol–water partition coefficient (Wildman–Crippen LogP) is 3.74. The molecule has 0 radical (unpaired) electrons. The third kappa shape index (κ3) is 5.31. The first-order chi connectivity index (χ1) is 14.7. The highest BCUT2D eigenvalue weighted by atomic mass is 35.5. The molecule has 1 atom stereocenters. The minimum atomic E-state index is -0.796. The molecule has 1 aliphatic heterocycles. The zero-order valence-corrected chi connectivity index (χ0v) is 17.8. The maximum atomic E-state index is 12.3. The summed E-state index contributed by atoms with van der Waals surface area (Å²) in [5, 5.41) is 14.3. The van der Waals surface area contributed by atoms with Crippen LogP contribution in [0.2, 0.25) is 10.0 Å². The highest BCUT2D eigenvalue weighted by Crippen LogP contribution is 2.30. The van der Waals surface area contributed by atoms with Gasteiger partial charge in [-0.05, 0) is 31.2 Å². The number of carbonyl (C=O) groups is 3. The first-order valence-electron chi connectivity index (χ1n) is 9.12. The zero-order chi connectivity index (χ0) is 22.7. The van der Waals surface area contributed by atoms with E-state index in [0.717, 1.165) is 0 Å². The molecule has 162 valence electrons. The van der Waals surface area contributed by atoms with Gasteiger partial charge >= 0.3 is 5.97 Å². The summed E-state index contributed by atoms with van der Waals surface area (Å²) < 4.78 is 5.03. The molecule has 2 amide bonds. The van der Waals surface area contributed by atoms with E-state index in [-0.39, 0.29) is 35.3 Å². The lowest BCUT2D eigenvalue weighted by molar-refractivity contribution is -0.385. The Hall–Kier alpha value is -3.17. The third-order valence-electron chi connectivity index (χ3n) is 4.71.